The Morgan fingerprint density at radius 1 is 1.07 bits per heavy atom. The molecule has 156 valence electrons. The molecule has 9 heteroatoms. The molecule has 6 nitrogen and oxygen atoms in total. The van der Waals surface area contributed by atoms with E-state index in [0.717, 1.165) is 4.90 Å². The van der Waals surface area contributed by atoms with Crippen LogP contribution in [0.4, 0.5) is 10.5 Å². The van der Waals surface area contributed by atoms with Crippen LogP contribution in [0.15, 0.2) is 42.0 Å². The fourth-order valence-corrected chi connectivity index (χ4v) is 3.52. The number of anilines is 1. The lowest BCUT2D eigenvalue weighted by molar-refractivity contribution is -0.122. The smallest absolute Gasteiger partial charge is 0.335 e. The number of urea groups is 1. The molecule has 1 heterocycles. The van der Waals surface area contributed by atoms with Gasteiger partial charge < -0.3 is 4.74 Å². The third kappa shape index (κ3) is 4.78. The highest BCUT2D eigenvalue weighted by atomic mass is 35.5. The molecule has 0 radical (unpaired) electrons. The molecule has 3 rings (SSSR count). The average molecular weight is 468 g/mol. The quantitative estimate of drug-likeness (QED) is 0.475. The number of benzene rings is 2. The Kier molecular flexibility index (Phi) is 6.71. The molecule has 1 aliphatic heterocycles. The Morgan fingerprint density at radius 2 is 1.73 bits per heavy atom. The zero-order valence-corrected chi connectivity index (χ0v) is 18.3. The van der Waals surface area contributed by atoms with Crippen LogP contribution >= 0.6 is 34.8 Å². The van der Waals surface area contributed by atoms with E-state index in [1.807, 2.05) is 13.8 Å². The summed E-state index contributed by atoms with van der Waals surface area (Å²) in [6.45, 7) is 4.40. The van der Waals surface area contributed by atoms with Crippen molar-refractivity contribution in [2.45, 2.75) is 13.8 Å². The molecule has 2 aromatic carbocycles. The summed E-state index contributed by atoms with van der Waals surface area (Å²) in [5.41, 5.74) is 0.384. The number of imide groups is 2. The molecular weight excluding hydrogens is 451 g/mol. The van der Waals surface area contributed by atoms with Gasteiger partial charge in [-0.3, -0.25) is 14.9 Å². The van der Waals surface area contributed by atoms with Crippen molar-refractivity contribution in [3.05, 3.63) is 62.6 Å². The zero-order chi connectivity index (χ0) is 22.0. The molecule has 0 aromatic heterocycles. The average Bonchev–Trinajstić information content (AvgIpc) is 2.64. The van der Waals surface area contributed by atoms with Gasteiger partial charge in [0.05, 0.1) is 22.3 Å². The number of amides is 4. The van der Waals surface area contributed by atoms with Gasteiger partial charge in [-0.2, -0.15) is 0 Å². The van der Waals surface area contributed by atoms with Gasteiger partial charge in [0, 0.05) is 5.02 Å². The van der Waals surface area contributed by atoms with E-state index in [1.165, 1.54) is 30.3 Å². The molecule has 1 saturated heterocycles. The predicted octanol–water partition coefficient (Wildman–Crippen LogP) is 5.35. The topological polar surface area (TPSA) is 75.7 Å². The van der Waals surface area contributed by atoms with Crippen molar-refractivity contribution in [3.63, 3.8) is 0 Å². The summed E-state index contributed by atoms with van der Waals surface area (Å²) >= 11 is 18.5. The molecule has 0 saturated carbocycles. The lowest BCUT2D eigenvalue weighted by atomic mass is 10.1. The molecule has 0 bridgehead atoms. The number of nitrogens with zero attached hydrogens (tertiary/aromatic N) is 1. The van der Waals surface area contributed by atoms with Crippen LogP contribution in [-0.4, -0.2) is 24.5 Å². The summed E-state index contributed by atoms with van der Waals surface area (Å²) in [6, 6.07) is 8.36. The minimum atomic E-state index is -0.863. The largest absolute Gasteiger partial charge is 0.490 e. The Hall–Kier alpha value is -2.54. The van der Waals surface area contributed by atoms with Gasteiger partial charge >= 0.3 is 6.03 Å². The third-order valence-electron chi connectivity index (χ3n) is 4.06. The number of halogens is 3. The van der Waals surface area contributed by atoms with Crippen LogP contribution in [0.5, 0.6) is 5.75 Å². The maximum atomic E-state index is 12.9. The van der Waals surface area contributed by atoms with E-state index in [1.54, 1.807) is 12.1 Å². The Balaban J connectivity index is 1.96. The fraction of sp³-hybridized carbons (Fsp3) is 0.190. The second kappa shape index (κ2) is 9.08. The summed E-state index contributed by atoms with van der Waals surface area (Å²) in [6.07, 6.45) is 1.31. The number of ether oxygens (including phenoxy) is 1. The minimum Gasteiger partial charge on any atom is -0.490 e. The van der Waals surface area contributed by atoms with Gasteiger partial charge in [-0.25, -0.2) is 9.69 Å². The number of hydrogen-bond acceptors (Lipinski definition) is 4. The van der Waals surface area contributed by atoms with E-state index < -0.39 is 17.8 Å². The SMILES string of the molecule is CC(C)COc1c(Cl)cc(/C=C2\C(=O)NC(=O)N(c3cccc(Cl)c3)C2=O)cc1Cl. The van der Waals surface area contributed by atoms with Crippen molar-refractivity contribution >= 4 is 64.4 Å². The highest BCUT2D eigenvalue weighted by Crippen LogP contribution is 2.35. The highest BCUT2D eigenvalue weighted by molar-refractivity contribution is 6.40. The van der Waals surface area contributed by atoms with Crippen molar-refractivity contribution in [2.75, 3.05) is 11.5 Å². The molecular formula is C21H17Cl3N2O4. The Bertz CT molecular complexity index is 1040. The maximum absolute atomic E-state index is 12.9. The normalized spacial score (nSPS) is 15.7. The van der Waals surface area contributed by atoms with Gasteiger partial charge in [-0.1, -0.05) is 54.7 Å². The van der Waals surface area contributed by atoms with Crippen LogP contribution in [0.1, 0.15) is 19.4 Å². The van der Waals surface area contributed by atoms with Crippen molar-refractivity contribution in [2.24, 2.45) is 5.92 Å². The van der Waals surface area contributed by atoms with Crippen molar-refractivity contribution in [1.82, 2.24) is 5.32 Å². The first-order valence-electron chi connectivity index (χ1n) is 8.96. The molecule has 4 amide bonds. The van der Waals surface area contributed by atoms with Gasteiger partial charge in [0.1, 0.15) is 5.57 Å². The van der Waals surface area contributed by atoms with Crippen LogP contribution in [0, 0.1) is 5.92 Å². The first kappa shape index (κ1) is 22.2. The molecule has 0 spiro atoms. The number of barbiturate groups is 1. The standard InChI is InChI=1S/C21H17Cl3N2O4/c1-11(2)10-30-18-16(23)7-12(8-17(18)24)6-15-19(27)25-21(29)26(20(15)28)14-5-3-4-13(22)9-14/h3-9,11H,10H2,1-2H3,(H,25,27,29)/b15-6+. The Labute approximate surface area is 188 Å². The van der Waals surface area contributed by atoms with E-state index in [-0.39, 0.29) is 27.2 Å². The molecule has 1 N–H and O–H groups in total. The lowest BCUT2D eigenvalue weighted by Gasteiger charge is -2.26. The van der Waals surface area contributed by atoms with Crippen LogP contribution in [0.2, 0.25) is 15.1 Å². The molecule has 0 unspecified atom stereocenters. The number of hydrogen-bond donors (Lipinski definition) is 1. The number of nitrogens with one attached hydrogen (secondary N) is 1. The van der Waals surface area contributed by atoms with E-state index in [2.05, 4.69) is 5.32 Å². The molecule has 1 aliphatic rings. The van der Waals surface area contributed by atoms with E-state index in [4.69, 9.17) is 39.5 Å². The van der Waals surface area contributed by atoms with E-state index in [9.17, 15) is 14.4 Å². The number of carbonyl (C=O) groups is 3. The molecule has 2 aromatic rings. The molecule has 0 aliphatic carbocycles. The fourth-order valence-electron chi connectivity index (χ4n) is 2.72. The van der Waals surface area contributed by atoms with Crippen LogP contribution in [0.3, 0.4) is 0 Å². The highest BCUT2D eigenvalue weighted by Gasteiger charge is 2.36. The monoisotopic (exact) mass is 466 g/mol. The minimum absolute atomic E-state index is 0.233. The van der Waals surface area contributed by atoms with Crippen LogP contribution in [-0.2, 0) is 9.59 Å². The summed E-state index contributed by atoms with van der Waals surface area (Å²) in [5.74, 6) is -1.02. The summed E-state index contributed by atoms with van der Waals surface area (Å²) in [4.78, 5) is 38.3. The van der Waals surface area contributed by atoms with Gasteiger partial charge in [-0.15, -0.1) is 0 Å². The second-order valence-corrected chi connectivity index (χ2v) is 8.21. The van der Waals surface area contributed by atoms with Gasteiger partial charge in [-0.05, 0) is 47.9 Å². The molecule has 30 heavy (non-hydrogen) atoms. The maximum Gasteiger partial charge on any atom is 0.335 e. The van der Waals surface area contributed by atoms with E-state index in [0.29, 0.717) is 22.9 Å². The first-order valence-corrected chi connectivity index (χ1v) is 10.1. The lowest BCUT2D eigenvalue weighted by Crippen LogP contribution is -2.54. The van der Waals surface area contributed by atoms with Gasteiger partial charge in [0.15, 0.2) is 5.75 Å². The van der Waals surface area contributed by atoms with Crippen LogP contribution < -0.4 is 15.0 Å². The third-order valence-corrected chi connectivity index (χ3v) is 4.86. The first-order chi connectivity index (χ1) is 14.2. The number of rotatable bonds is 5. The van der Waals surface area contributed by atoms with E-state index >= 15 is 0 Å². The van der Waals surface area contributed by atoms with Crippen molar-refractivity contribution in [1.29, 1.82) is 0 Å². The van der Waals surface area contributed by atoms with Gasteiger partial charge in [0.2, 0.25) is 0 Å². The second-order valence-electron chi connectivity index (χ2n) is 6.96. The summed E-state index contributed by atoms with van der Waals surface area (Å²) in [5, 5.41) is 2.96. The summed E-state index contributed by atoms with van der Waals surface area (Å²) in [7, 11) is 0. The predicted molar refractivity (Wildman–Crippen MR) is 117 cm³/mol. The molecule has 0 atom stereocenters. The van der Waals surface area contributed by atoms with Crippen molar-refractivity contribution < 1.29 is 19.1 Å². The summed E-state index contributed by atoms with van der Waals surface area (Å²) < 4.78 is 5.62. The zero-order valence-electron chi connectivity index (χ0n) is 16.0. The Morgan fingerprint density at radius 3 is 2.33 bits per heavy atom. The van der Waals surface area contributed by atoms with Crippen LogP contribution in [0.25, 0.3) is 6.08 Å². The van der Waals surface area contributed by atoms with Gasteiger partial charge in [0.25, 0.3) is 11.8 Å². The number of carbonyl (C=O) groups excluding carboxylic acids is 3. The molecule has 1 fully saturated rings. The van der Waals surface area contributed by atoms with Crippen molar-refractivity contribution in [3.8, 4) is 5.75 Å².